The second kappa shape index (κ2) is 5.88. The van der Waals surface area contributed by atoms with E-state index in [-0.39, 0.29) is 11.8 Å². The van der Waals surface area contributed by atoms with Gasteiger partial charge >= 0.3 is 5.97 Å². The number of piperazine rings is 1. The fourth-order valence-electron chi connectivity index (χ4n) is 3.83. The van der Waals surface area contributed by atoms with Crippen LogP contribution >= 0.6 is 0 Å². The molecule has 3 rings (SSSR count). The molecule has 1 aliphatic carbocycles. The highest BCUT2D eigenvalue weighted by atomic mass is 16.5. The SMILES string of the molecule is Cc1noc(C)c1CN1CCN(C(=O)[C@H]2[C@@H](C(=O)O)C2(C)C)CC1. The molecule has 1 aromatic heterocycles. The monoisotopic (exact) mass is 335 g/mol. The highest BCUT2D eigenvalue weighted by molar-refractivity contribution is 5.91. The van der Waals surface area contributed by atoms with Crippen LogP contribution < -0.4 is 0 Å². The van der Waals surface area contributed by atoms with Gasteiger partial charge in [0.1, 0.15) is 5.76 Å². The van der Waals surface area contributed by atoms with E-state index in [1.807, 2.05) is 32.6 Å². The maximum atomic E-state index is 12.6. The van der Waals surface area contributed by atoms with Crippen molar-refractivity contribution in [3.05, 3.63) is 17.0 Å². The van der Waals surface area contributed by atoms with Gasteiger partial charge in [-0.2, -0.15) is 0 Å². The molecule has 7 nitrogen and oxygen atoms in total. The van der Waals surface area contributed by atoms with Crippen LogP contribution in [0.3, 0.4) is 0 Å². The Morgan fingerprint density at radius 2 is 1.83 bits per heavy atom. The number of carboxylic acid groups (broad SMARTS) is 1. The number of carbonyl (C=O) groups is 2. The number of aromatic nitrogens is 1. The molecule has 24 heavy (non-hydrogen) atoms. The summed E-state index contributed by atoms with van der Waals surface area (Å²) in [5.74, 6) is -0.968. The van der Waals surface area contributed by atoms with Crippen molar-refractivity contribution < 1.29 is 19.2 Å². The molecule has 1 aliphatic heterocycles. The molecule has 2 aliphatic rings. The van der Waals surface area contributed by atoms with Crippen molar-refractivity contribution in [2.45, 2.75) is 34.2 Å². The second-order valence-corrected chi connectivity index (χ2v) is 7.52. The van der Waals surface area contributed by atoms with Crippen molar-refractivity contribution >= 4 is 11.9 Å². The molecule has 132 valence electrons. The van der Waals surface area contributed by atoms with Crippen LogP contribution in [-0.4, -0.2) is 58.1 Å². The molecule has 2 fully saturated rings. The quantitative estimate of drug-likeness (QED) is 0.892. The van der Waals surface area contributed by atoms with Gasteiger partial charge in [0.05, 0.1) is 17.5 Å². The van der Waals surface area contributed by atoms with Gasteiger partial charge in [0.15, 0.2) is 0 Å². The normalized spacial score (nSPS) is 26.4. The minimum Gasteiger partial charge on any atom is -0.481 e. The third-order valence-electron chi connectivity index (χ3n) is 5.61. The van der Waals surface area contributed by atoms with Crippen molar-refractivity contribution in [1.29, 1.82) is 0 Å². The molecule has 1 amide bonds. The van der Waals surface area contributed by atoms with E-state index < -0.39 is 17.3 Å². The Bertz CT molecular complexity index is 639. The van der Waals surface area contributed by atoms with Crippen molar-refractivity contribution in [2.75, 3.05) is 26.2 Å². The zero-order valence-electron chi connectivity index (χ0n) is 14.7. The third-order valence-corrected chi connectivity index (χ3v) is 5.61. The molecule has 0 unspecified atom stereocenters. The van der Waals surface area contributed by atoms with Crippen LogP contribution in [0.1, 0.15) is 30.9 Å². The molecule has 0 bridgehead atoms. The molecule has 1 aromatic rings. The van der Waals surface area contributed by atoms with E-state index in [1.54, 1.807) is 0 Å². The molecule has 1 N–H and O–H groups in total. The fraction of sp³-hybridized carbons (Fsp3) is 0.706. The Labute approximate surface area is 141 Å². The molecule has 0 radical (unpaired) electrons. The van der Waals surface area contributed by atoms with E-state index in [2.05, 4.69) is 10.1 Å². The summed E-state index contributed by atoms with van der Waals surface area (Å²) in [7, 11) is 0. The number of carbonyl (C=O) groups excluding carboxylic acids is 1. The lowest BCUT2D eigenvalue weighted by Crippen LogP contribution is -2.49. The summed E-state index contributed by atoms with van der Waals surface area (Å²) in [5.41, 5.74) is 1.59. The predicted molar refractivity (Wildman–Crippen MR) is 86.2 cm³/mol. The lowest BCUT2D eigenvalue weighted by Gasteiger charge is -2.35. The van der Waals surface area contributed by atoms with Crippen LogP contribution in [0.2, 0.25) is 0 Å². The Hall–Kier alpha value is -1.89. The number of aliphatic carboxylic acids is 1. The maximum Gasteiger partial charge on any atom is 0.307 e. The van der Waals surface area contributed by atoms with Crippen molar-refractivity contribution in [3.8, 4) is 0 Å². The molecule has 1 saturated heterocycles. The Balaban J connectivity index is 1.56. The van der Waals surface area contributed by atoms with E-state index in [4.69, 9.17) is 4.52 Å². The van der Waals surface area contributed by atoms with Gasteiger partial charge in [0, 0.05) is 38.3 Å². The van der Waals surface area contributed by atoms with Crippen LogP contribution in [0.5, 0.6) is 0 Å². The average Bonchev–Trinajstić information content (AvgIpc) is 2.99. The summed E-state index contributed by atoms with van der Waals surface area (Å²) in [5, 5.41) is 13.2. The maximum absolute atomic E-state index is 12.6. The molecule has 2 atom stereocenters. The summed E-state index contributed by atoms with van der Waals surface area (Å²) >= 11 is 0. The first-order valence-electron chi connectivity index (χ1n) is 8.39. The second-order valence-electron chi connectivity index (χ2n) is 7.52. The molecular weight excluding hydrogens is 310 g/mol. The number of amides is 1. The standard InChI is InChI=1S/C17H25N3O4/c1-10-12(11(2)24-18-10)9-19-5-7-20(8-6-19)15(21)13-14(16(22)23)17(13,3)4/h13-14H,5-9H2,1-4H3,(H,22,23)/t13-,14+/m1/s1. The molecule has 0 aromatic carbocycles. The largest absolute Gasteiger partial charge is 0.481 e. The summed E-state index contributed by atoms with van der Waals surface area (Å²) < 4.78 is 5.20. The highest BCUT2D eigenvalue weighted by Gasteiger charge is 2.66. The smallest absolute Gasteiger partial charge is 0.307 e. The van der Waals surface area contributed by atoms with E-state index in [0.717, 1.165) is 36.7 Å². The van der Waals surface area contributed by atoms with E-state index >= 15 is 0 Å². The number of hydrogen-bond donors (Lipinski definition) is 1. The van der Waals surface area contributed by atoms with Crippen molar-refractivity contribution in [1.82, 2.24) is 15.0 Å². The van der Waals surface area contributed by atoms with Gasteiger partial charge in [0.25, 0.3) is 0 Å². The summed E-state index contributed by atoms with van der Waals surface area (Å²) in [6.45, 7) is 11.2. The molecule has 7 heteroatoms. The lowest BCUT2D eigenvalue weighted by molar-refractivity contribution is -0.142. The summed E-state index contributed by atoms with van der Waals surface area (Å²) in [6, 6.07) is 0. The summed E-state index contributed by atoms with van der Waals surface area (Å²) in [4.78, 5) is 28.0. The first kappa shape index (κ1) is 17.0. The van der Waals surface area contributed by atoms with Gasteiger partial charge in [-0.05, 0) is 19.3 Å². The molecular formula is C17H25N3O4. The van der Waals surface area contributed by atoms with Gasteiger partial charge in [-0.1, -0.05) is 19.0 Å². The number of hydrogen-bond acceptors (Lipinski definition) is 5. The lowest BCUT2D eigenvalue weighted by atomic mass is 10.1. The van der Waals surface area contributed by atoms with Crippen LogP contribution in [0.25, 0.3) is 0 Å². The van der Waals surface area contributed by atoms with Crippen molar-refractivity contribution in [2.24, 2.45) is 17.3 Å². The third kappa shape index (κ3) is 2.81. The Morgan fingerprint density at radius 1 is 1.21 bits per heavy atom. The number of nitrogens with zero attached hydrogens (tertiary/aromatic N) is 3. The molecule has 2 heterocycles. The zero-order valence-corrected chi connectivity index (χ0v) is 14.7. The van der Waals surface area contributed by atoms with Gasteiger partial charge < -0.3 is 14.5 Å². The van der Waals surface area contributed by atoms with Crippen LogP contribution in [0.15, 0.2) is 4.52 Å². The minimum atomic E-state index is -0.865. The van der Waals surface area contributed by atoms with Gasteiger partial charge in [-0.3, -0.25) is 14.5 Å². The van der Waals surface area contributed by atoms with Gasteiger partial charge in [-0.25, -0.2) is 0 Å². The topological polar surface area (TPSA) is 86.9 Å². The van der Waals surface area contributed by atoms with Gasteiger partial charge in [-0.15, -0.1) is 0 Å². The molecule has 0 spiro atoms. The van der Waals surface area contributed by atoms with Gasteiger partial charge in [0.2, 0.25) is 5.91 Å². The van der Waals surface area contributed by atoms with Crippen LogP contribution in [0, 0.1) is 31.1 Å². The molecule has 1 saturated carbocycles. The Morgan fingerprint density at radius 3 is 2.29 bits per heavy atom. The first-order chi connectivity index (χ1) is 11.2. The summed E-state index contributed by atoms with van der Waals surface area (Å²) in [6.07, 6.45) is 0. The predicted octanol–water partition coefficient (Wildman–Crippen LogP) is 1.29. The minimum absolute atomic E-state index is 0.00983. The van der Waals surface area contributed by atoms with E-state index in [9.17, 15) is 14.7 Å². The number of aryl methyl sites for hydroxylation is 2. The van der Waals surface area contributed by atoms with Crippen LogP contribution in [-0.2, 0) is 16.1 Å². The first-order valence-corrected chi connectivity index (χ1v) is 8.39. The number of carboxylic acids is 1. The number of rotatable bonds is 4. The van der Waals surface area contributed by atoms with E-state index in [0.29, 0.717) is 13.1 Å². The Kier molecular flexibility index (Phi) is 4.15. The highest BCUT2D eigenvalue weighted by Crippen LogP contribution is 2.59. The van der Waals surface area contributed by atoms with Crippen LogP contribution in [0.4, 0.5) is 0 Å². The van der Waals surface area contributed by atoms with E-state index in [1.165, 1.54) is 0 Å². The fourth-order valence-corrected chi connectivity index (χ4v) is 3.83. The zero-order chi connectivity index (χ0) is 17.6. The van der Waals surface area contributed by atoms with Crippen molar-refractivity contribution in [3.63, 3.8) is 0 Å². The average molecular weight is 335 g/mol.